The Kier molecular flexibility index (Phi) is 4.32. The Morgan fingerprint density at radius 2 is 1.74 bits per heavy atom. The minimum atomic E-state index is 0.191. The quantitative estimate of drug-likeness (QED) is 0.814. The SMILES string of the molecule is CC(C)Oc1ccc(Cl)cc1CNC1C2CC3CC(C2)CC1C3. The molecule has 0 radical (unpaired) electrons. The number of ether oxygens (including phenoxy) is 1. The molecule has 4 aliphatic rings. The number of hydrogen-bond donors (Lipinski definition) is 1. The van der Waals surface area contributed by atoms with Crippen LogP contribution in [0.25, 0.3) is 0 Å². The van der Waals surface area contributed by atoms with E-state index in [1.807, 2.05) is 12.1 Å². The fourth-order valence-electron chi connectivity index (χ4n) is 5.54. The molecule has 1 aromatic carbocycles. The molecule has 4 fully saturated rings. The summed E-state index contributed by atoms with van der Waals surface area (Å²) < 4.78 is 5.96. The predicted molar refractivity (Wildman–Crippen MR) is 94.9 cm³/mol. The zero-order chi connectivity index (χ0) is 16.0. The smallest absolute Gasteiger partial charge is 0.124 e. The van der Waals surface area contributed by atoms with E-state index in [0.29, 0.717) is 6.04 Å². The second-order valence-corrected chi connectivity index (χ2v) is 8.69. The van der Waals surface area contributed by atoms with Gasteiger partial charge in [0.2, 0.25) is 0 Å². The summed E-state index contributed by atoms with van der Waals surface area (Å²) in [6.45, 7) is 5.02. The molecule has 0 heterocycles. The monoisotopic (exact) mass is 333 g/mol. The average molecular weight is 334 g/mol. The van der Waals surface area contributed by atoms with Gasteiger partial charge in [0.1, 0.15) is 5.75 Å². The van der Waals surface area contributed by atoms with E-state index in [1.54, 1.807) is 0 Å². The van der Waals surface area contributed by atoms with Gasteiger partial charge in [-0.1, -0.05) is 11.6 Å². The number of hydrogen-bond acceptors (Lipinski definition) is 2. The molecule has 0 saturated heterocycles. The molecular weight excluding hydrogens is 306 g/mol. The lowest BCUT2D eigenvalue weighted by Gasteiger charge is -2.54. The molecule has 0 atom stereocenters. The van der Waals surface area contributed by atoms with Crippen LogP contribution in [0, 0.1) is 23.7 Å². The van der Waals surface area contributed by atoms with Crippen LogP contribution in [0.3, 0.4) is 0 Å². The van der Waals surface area contributed by atoms with Gasteiger partial charge in [-0.3, -0.25) is 0 Å². The maximum absolute atomic E-state index is 6.21. The van der Waals surface area contributed by atoms with Gasteiger partial charge in [-0.05, 0) is 87.8 Å². The largest absolute Gasteiger partial charge is 0.491 e. The van der Waals surface area contributed by atoms with E-state index < -0.39 is 0 Å². The second-order valence-electron chi connectivity index (χ2n) is 8.26. The first-order chi connectivity index (χ1) is 11.1. The first-order valence-corrected chi connectivity index (χ1v) is 9.64. The van der Waals surface area contributed by atoms with Gasteiger partial charge in [-0.25, -0.2) is 0 Å². The Hall–Kier alpha value is -0.730. The van der Waals surface area contributed by atoms with Crippen LogP contribution in [0.5, 0.6) is 5.75 Å². The zero-order valence-electron chi connectivity index (χ0n) is 14.2. The molecule has 0 spiro atoms. The van der Waals surface area contributed by atoms with Crippen LogP contribution in [-0.4, -0.2) is 12.1 Å². The van der Waals surface area contributed by atoms with Crippen LogP contribution in [-0.2, 0) is 6.54 Å². The average Bonchev–Trinajstić information content (AvgIpc) is 2.48. The zero-order valence-corrected chi connectivity index (χ0v) is 15.0. The number of rotatable bonds is 5. The third-order valence-electron chi connectivity index (χ3n) is 6.14. The van der Waals surface area contributed by atoms with Gasteiger partial charge in [-0.2, -0.15) is 0 Å². The fraction of sp³-hybridized carbons (Fsp3) is 0.700. The van der Waals surface area contributed by atoms with Crippen molar-refractivity contribution >= 4 is 11.6 Å². The van der Waals surface area contributed by atoms with Crippen LogP contribution < -0.4 is 10.1 Å². The first kappa shape index (κ1) is 15.8. The van der Waals surface area contributed by atoms with Gasteiger partial charge in [-0.15, -0.1) is 0 Å². The molecule has 4 aliphatic carbocycles. The van der Waals surface area contributed by atoms with Crippen LogP contribution in [0.4, 0.5) is 0 Å². The van der Waals surface area contributed by atoms with E-state index in [0.717, 1.165) is 41.0 Å². The first-order valence-electron chi connectivity index (χ1n) is 9.27. The van der Waals surface area contributed by atoms with Crippen molar-refractivity contribution in [3.63, 3.8) is 0 Å². The highest BCUT2D eigenvalue weighted by Crippen LogP contribution is 2.53. The molecule has 4 bridgehead atoms. The lowest BCUT2D eigenvalue weighted by atomic mass is 9.54. The summed E-state index contributed by atoms with van der Waals surface area (Å²) in [5.74, 6) is 4.84. The van der Waals surface area contributed by atoms with Crippen molar-refractivity contribution < 1.29 is 4.74 Å². The van der Waals surface area contributed by atoms with Crippen LogP contribution in [0.2, 0.25) is 5.02 Å². The highest BCUT2D eigenvalue weighted by Gasteiger charge is 2.47. The molecule has 0 amide bonds. The Balaban J connectivity index is 1.46. The van der Waals surface area contributed by atoms with Gasteiger partial charge in [0.25, 0.3) is 0 Å². The molecule has 1 N–H and O–H groups in total. The van der Waals surface area contributed by atoms with Crippen molar-refractivity contribution in [3.8, 4) is 5.75 Å². The highest BCUT2D eigenvalue weighted by atomic mass is 35.5. The molecule has 0 aromatic heterocycles. The molecule has 0 aliphatic heterocycles. The van der Waals surface area contributed by atoms with E-state index in [-0.39, 0.29) is 6.10 Å². The Morgan fingerprint density at radius 3 is 2.35 bits per heavy atom. The van der Waals surface area contributed by atoms with E-state index in [2.05, 4.69) is 25.2 Å². The minimum Gasteiger partial charge on any atom is -0.491 e. The topological polar surface area (TPSA) is 21.3 Å². The molecular formula is C20H28ClNO. The Labute approximate surface area is 144 Å². The van der Waals surface area contributed by atoms with Crippen molar-refractivity contribution in [2.45, 2.75) is 64.6 Å². The van der Waals surface area contributed by atoms with Gasteiger partial charge < -0.3 is 10.1 Å². The number of benzene rings is 1. The summed E-state index contributed by atoms with van der Waals surface area (Å²) in [6, 6.07) is 6.69. The molecule has 3 heteroatoms. The third kappa shape index (κ3) is 3.25. The van der Waals surface area contributed by atoms with Crippen molar-refractivity contribution in [1.82, 2.24) is 5.32 Å². The molecule has 126 valence electrons. The van der Waals surface area contributed by atoms with Gasteiger partial charge in [0, 0.05) is 23.2 Å². The second kappa shape index (κ2) is 6.29. The molecule has 4 saturated carbocycles. The Bertz CT molecular complexity index is 543. The summed E-state index contributed by atoms with van der Waals surface area (Å²) in [4.78, 5) is 0. The van der Waals surface area contributed by atoms with Crippen LogP contribution in [0.15, 0.2) is 18.2 Å². The predicted octanol–water partition coefficient (Wildman–Crippen LogP) is 5.04. The van der Waals surface area contributed by atoms with Crippen molar-refractivity contribution in [3.05, 3.63) is 28.8 Å². The summed E-state index contributed by atoms with van der Waals surface area (Å²) >= 11 is 6.21. The lowest BCUT2D eigenvalue weighted by molar-refractivity contribution is -0.0143. The molecule has 0 unspecified atom stereocenters. The van der Waals surface area contributed by atoms with Gasteiger partial charge >= 0.3 is 0 Å². The number of halogens is 1. The maximum Gasteiger partial charge on any atom is 0.124 e. The van der Waals surface area contributed by atoms with Gasteiger partial charge in [0.15, 0.2) is 0 Å². The highest BCUT2D eigenvalue weighted by molar-refractivity contribution is 6.30. The summed E-state index contributed by atoms with van der Waals surface area (Å²) in [5.41, 5.74) is 1.19. The minimum absolute atomic E-state index is 0.191. The van der Waals surface area contributed by atoms with Gasteiger partial charge in [0.05, 0.1) is 6.10 Å². The number of nitrogens with one attached hydrogen (secondary N) is 1. The summed E-state index contributed by atoms with van der Waals surface area (Å²) in [7, 11) is 0. The molecule has 23 heavy (non-hydrogen) atoms. The normalized spacial score (nSPS) is 35.0. The van der Waals surface area contributed by atoms with Crippen LogP contribution >= 0.6 is 11.6 Å². The fourth-order valence-corrected chi connectivity index (χ4v) is 5.74. The molecule has 5 rings (SSSR count). The van der Waals surface area contributed by atoms with Crippen molar-refractivity contribution in [2.75, 3.05) is 0 Å². The van der Waals surface area contributed by atoms with E-state index in [9.17, 15) is 0 Å². The summed E-state index contributed by atoms with van der Waals surface area (Å²) in [6.07, 6.45) is 7.52. The van der Waals surface area contributed by atoms with Crippen LogP contribution in [0.1, 0.15) is 51.5 Å². The van der Waals surface area contributed by atoms with E-state index >= 15 is 0 Å². The third-order valence-corrected chi connectivity index (χ3v) is 6.38. The molecule has 1 aromatic rings. The summed E-state index contributed by atoms with van der Waals surface area (Å²) in [5, 5.41) is 4.68. The Morgan fingerprint density at radius 1 is 1.09 bits per heavy atom. The standard InChI is InChI=1S/C20H28ClNO/c1-12(2)23-19-4-3-18(21)10-17(19)11-22-20-15-6-13-5-14(8-15)9-16(20)7-13/h3-4,10,12-16,20,22H,5-9,11H2,1-2H3. The maximum atomic E-state index is 6.21. The van der Waals surface area contributed by atoms with Crippen molar-refractivity contribution in [2.24, 2.45) is 23.7 Å². The van der Waals surface area contributed by atoms with E-state index in [1.165, 1.54) is 37.7 Å². The van der Waals surface area contributed by atoms with E-state index in [4.69, 9.17) is 16.3 Å². The lowest BCUT2D eigenvalue weighted by Crippen LogP contribution is -2.54. The molecule has 2 nitrogen and oxygen atoms in total. The van der Waals surface area contributed by atoms with Crippen molar-refractivity contribution in [1.29, 1.82) is 0 Å².